The van der Waals surface area contributed by atoms with E-state index in [1.165, 1.54) is 38.5 Å². The molecule has 2 heterocycles. The average Bonchev–Trinajstić information content (AvgIpc) is 2.70. The van der Waals surface area contributed by atoms with Crippen molar-refractivity contribution in [2.45, 2.75) is 51.5 Å². The van der Waals surface area contributed by atoms with Crippen LogP contribution in [0.3, 0.4) is 0 Å². The maximum atomic E-state index is 4.55. The van der Waals surface area contributed by atoms with Crippen LogP contribution in [0, 0.1) is 12.8 Å². The molecule has 1 aliphatic heterocycles. The fourth-order valence-electron chi connectivity index (χ4n) is 3.19. The van der Waals surface area contributed by atoms with Crippen molar-refractivity contribution in [3.8, 4) is 0 Å². The predicted octanol–water partition coefficient (Wildman–Crippen LogP) is 2.52. The smallest absolute Gasteiger partial charge is 0.221 e. The Morgan fingerprint density at radius 1 is 1.19 bits per heavy atom. The molecule has 0 saturated heterocycles. The summed E-state index contributed by atoms with van der Waals surface area (Å²) in [5, 5.41) is 7.89. The van der Waals surface area contributed by atoms with Crippen molar-refractivity contribution in [2.75, 3.05) is 11.9 Å². The third-order valence-electron chi connectivity index (χ3n) is 3.97. The number of fused-ring (bicyclic) bond motifs is 1. The van der Waals surface area contributed by atoms with Gasteiger partial charge in [-0.05, 0) is 32.1 Å². The van der Waals surface area contributed by atoms with Crippen LogP contribution in [0.1, 0.15) is 50.4 Å². The SMILES string of the molecule is Cc1nc2n(n1)C(C1CCCCC1)CCN2. The quantitative estimate of drug-likeness (QED) is 0.790. The molecule has 0 bridgehead atoms. The highest BCUT2D eigenvalue weighted by atomic mass is 15.4. The zero-order valence-corrected chi connectivity index (χ0v) is 9.95. The van der Waals surface area contributed by atoms with E-state index in [0.29, 0.717) is 6.04 Å². The Hall–Kier alpha value is -1.06. The van der Waals surface area contributed by atoms with E-state index in [9.17, 15) is 0 Å². The molecule has 1 N–H and O–H groups in total. The van der Waals surface area contributed by atoms with Crippen LogP contribution in [0.2, 0.25) is 0 Å². The topological polar surface area (TPSA) is 42.7 Å². The van der Waals surface area contributed by atoms with E-state index in [1.54, 1.807) is 0 Å². The Morgan fingerprint density at radius 2 is 2.00 bits per heavy atom. The second-order valence-electron chi connectivity index (χ2n) is 5.11. The van der Waals surface area contributed by atoms with Gasteiger partial charge in [-0.3, -0.25) is 0 Å². The molecule has 3 rings (SSSR count). The molecule has 2 aliphatic rings. The molecular weight excluding hydrogens is 200 g/mol. The average molecular weight is 220 g/mol. The van der Waals surface area contributed by atoms with Gasteiger partial charge in [-0.1, -0.05) is 19.3 Å². The van der Waals surface area contributed by atoms with Crippen LogP contribution in [0.4, 0.5) is 5.95 Å². The summed E-state index contributed by atoms with van der Waals surface area (Å²) in [6, 6.07) is 0.595. The first-order valence-electron chi connectivity index (χ1n) is 6.51. The van der Waals surface area contributed by atoms with Crippen LogP contribution in [-0.2, 0) is 0 Å². The molecule has 1 aliphatic carbocycles. The van der Waals surface area contributed by atoms with Crippen LogP contribution in [-0.4, -0.2) is 21.3 Å². The molecule has 0 radical (unpaired) electrons. The number of nitrogens with zero attached hydrogens (tertiary/aromatic N) is 3. The van der Waals surface area contributed by atoms with Crippen LogP contribution < -0.4 is 5.32 Å². The lowest BCUT2D eigenvalue weighted by Crippen LogP contribution is -2.30. The lowest BCUT2D eigenvalue weighted by molar-refractivity contribution is 0.221. The van der Waals surface area contributed by atoms with Gasteiger partial charge in [0.2, 0.25) is 5.95 Å². The fourth-order valence-corrected chi connectivity index (χ4v) is 3.19. The first-order chi connectivity index (χ1) is 7.84. The van der Waals surface area contributed by atoms with Gasteiger partial charge in [0.1, 0.15) is 5.82 Å². The van der Waals surface area contributed by atoms with Gasteiger partial charge in [-0.25, -0.2) is 4.68 Å². The summed E-state index contributed by atoms with van der Waals surface area (Å²) in [6.45, 7) is 3.03. The maximum absolute atomic E-state index is 4.55. The van der Waals surface area contributed by atoms with Crippen LogP contribution in [0.25, 0.3) is 0 Å². The lowest BCUT2D eigenvalue weighted by Gasteiger charge is -2.33. The molecule has 4 heteroatoms. The molecule has 0 amide bonds. The van der Waals surface area contributed by atoms with E-state index in [2.05, 4.69) is 20.1 Å². The molecule has 0 spiro atoms. The summed E-state index contributed by atoms with van der Waals surface area (Å²) in [5.41, 5.74) is 0. The van der Waals surface area contributed by atoms with Crippen molar-refractivity contribution in [1.29, 1.82) is 0 Å². The second-order valence-corrected chi connectivity index (χ2v) is 5.11. The lowest BCUT2D eigenvalue weighted by atomic mass is 9.82. The third-order valence-corrected chi connectivity index (χ3v) is 3.97. The first kappa shape index (κ1) is 10.1. The monoisotopic (exact) mass is 220 g/mol. The minimum absolute atomic E-state index is 0.595. The predicted molar refractivity (Wildman–Crippen MR) is 63.5 cm³/mol. The minimum atomic E-state index is 0.595. The van der Waals surface area contributed by atoms with Crippen LogP contribution in [0.15, 0.2) is 0 Å². The Kier molecular flexibility index (Phi) is 2.58. The highest BCUT2D eigenvalue weighted by Crippen LogP contribution is 2.37. The van der Waals surface area contributed by atoms with Gasteiger partial charge in [-0.2, -0.15) is 10.1 Å². The molecule has 0 aromatic carbocycles. The minimum Gasteiger partial charge on any atom is -0.354 e. The molecule has 1 fully saturated rings. The summed E-state index contributed by atoms with van der Waals surface area (Å²) in [5.74, 6) is 2.71. The number of hydrogen-bond acceptors (Lipinski definition) is 3. The van der Waals surface area contributed by atoms with Crippen molar-refractivity contribution in [1.82, 2.24) is 14.8 Å². The van der Waals surface area contributed by atoms with E-state index in [4.69, 9.17) is 0 Å². The Bertz CT molecular complexity index is 365. The summed E-state index contributed by atoms with van der Waals surface area (Å²) in [4.78, 5) is 4.44. The molecule has 1 aromatic rings. The van der Waals surface area contributed by atoms with Gasteiger partial charge >= 0.3 is 0 Å². The van der Waals surface area contributed by atoms with E-state index >= 15 is 0 Å². The standard InChI is InChI=1S/C12H20N4/c1-9-14-12-13-8-7-11(16(12)15-9)10-5-3-2-4-6-10/h10-11H,2-8H2,1H3,(H,13,14,15). The van der Waals surface area contributed by atoms with Crippen molar-refractivity contribution in [3.63, 3.8) is 0 Å². The molecular formula is C12H20N4. The van der Waals surface area contributed by atoms with E-state index in [-0.39, 0.29) is 0 Å². The zero-order valence-electron chi connectivity index (χ0n) is 9.95. The first-order valence-corrected chi connectivity index (χ1v) is 6.51. The van der Waals surface area contributed by atoms with Crippen molar-refractivity contribution >= 4 is 5.95 Å². The summed E-state index contributed by atoms with van der Waals surface area (Å²) < 4.78 is 2.15. The summed E-state index contributed by atoms with van der Waals surface area (Å²) >= 11 is 0. The molecule has 1 atom stereocenters. The van der Waals surface area contributed by atoms with E-state index in [1.807, 2.05) is 6.92 Å². The van der Waals surface area contributed by atoms with Gasteiger partial charge in [-0.15, -0.1) is 0 Å². The maximum Gasteiger partial charge on any atom is 0.221 e. The molecule has 1 aromatic heterocycles. The van der Waals surface area contributed by atoms with Crippen LogP contribution in [0.5, 0.6) is 0 Å². The molecule has 16 heavy (non-hydrogen) atoms. The molecule has 1 saturated carbocycles. The van der Waals surface area contributed by atoms with E-state index in [0.717, 1.165) is 24.2 Å². The Labute approximate surface area is 96.4 Å². The van der Waals surface area contributed by atoms with Crippen molar-refractivity contribution in [3.05, 3.63) is 5.82 Å². The van der Waals surface area contributed by atoms with Gasteiger partial charge in [0, 0.05) is 6.54 Å². The van der Waals surface area contributed by atoms with Gasteiger partial charge in [0.25, 0.3) is 0 Å². The summed E-state index contributed by atoms with van der Waals surface area (Å²) in [6.07, 6.45) is 8.19. The third kappa shape index (κ3) is 1.70. The van der Waals surface area contributed by atoms with Crippen LogP contribution >= 0.6 is 0 Å². The molecule has 1 unspecified atom stereocenters. The number of rotatable bonds is 1. The number of aromatic nitrogens is 3. The Morgan fingerprint density at radius 3 is 2.81 bits per heavy atom. The number of nitrogens with one attached hydrogen (secondary N) is 1. The molecule has 4 nitrogen and oxygen atoms in total. The normalized spacial score (nSPS) is 26.2. The largest absolute Gasteiger partial charge is 0.354 e. The number of hydrogen-bond donors (Lipinski definition) is 1. The number of anilines is 1. The summed E-state index contributed by atoms with van der Waals surface area (Å²) in [7, 11) is 0. The number of aryl methyl sites for hydroxylation is 1. The highest BCUT2D eigenvalue weighted by Gasteiger charge is 2.30. The highest BCUT2D eigenvalue weighted by molar-refractivity contribution is 5.28. The Balaban J connectivity index is 1.85. The zero-order chi connectivity index (χ0) is 11.0. The molecule has 88 valence electrons. The van der Waals surface area contributed by atoms with Crippen molar-refractivity contribution < 1.29 is 0 Å². The fraction of sp³-hybridized carbons (Fsp3) is 0.833. The van der Waals surface area contributed by atoms with E-state index < -0.39 is 0 Å². The van der Waals surface area contributed by atoms with Gasteiger partial charge < -0.3 is 5.32 Å². The second kappa shape index (κ2) is 4.07. The van der Waals surface area contributed by atoms with Gasteiger partial charge in [0.05, 0.1) is 6.04 Å². The van der Waals surface area contributed by atoms with Gasteiger partial charge in [0.15, 0.2) is 0 Å². The van der Waals surface area contributed by atoms with Crippen molar-refractivity contribution in [2.24, 2.45) is 5.92 Å².